The van der Waals surface area contributed by atoms with Crippen molar-refractivity contribution in [3.05, 3.63) is 58.5 Å². The summed E-state index contributed by atoms with van der Waals surface area (Å²) in [6, 6.07) is 11.4. The second-order valence-corrected chi connectivity index (χ2v) is 5.23. The molecule has 0 fully saturated rings. The first-order valence-corrected chi connectivity index (χ1v) is 7.12. The molecule has 0 atom stereocenters. The third-order valence-electron chi connectivity index (χ3n) is 3.14. The van der Waals surface area contributed by atoms with E-state index in [1.807, 2.05) is 37.3 Å². The van der Waals surface area contributed by atoms with E-state index in [4.69, 9.17) is 0 Å². The van der Waals surface area contributed by atoms with Gasteiger partial charge in [-0.1, -0.05) is 24.3 Å². The number of rotatable bonds is 3. The highest BCUT2D eigenvalue weighted by atomic mass is 79.9. The first-order chi connectivity index (χ1) is 9.70. The maximum Gasteiger partial charge on any atom is 0.230 e. The number of para-hydroxylation sites is 1. The van der Waals surface area contributed by atoms with Crippen molar-refractivity contribution < 1.29 is 4.79 Å². The van der Waals surface area contributed by atoms with Gasteiger partial charge in [-0.25, -0.2) is 4.98 Å². The lowest BCUT2D eigenvalue weighted by Gasteiger charge is -2.05. The molecular formula is C15H12BrN3O. The van der Waals surface area contributed by atoms with Gasteiger partial charge >= 0.3 is 0 Å². The molecule has 0 aliphatic rings. The number of ketones is 1. The Bertz CT molecular complexity index is 795. The molecule has 1 aromatic carbocycles. The molecule has 2 aromatic heterocycles. The van der Waals surface area contributed by atoms with E-state index in [1.54, 1.807) is 16.9 Å². The number of halogens is 1. The molecular weight excluding hydrogens is 318 g/mol. The monoisotopic (exact) mass is 329 g/mol. The fraction of sp³-hybridized carbons (Fsp3) is 0.133. The van der Waals surface area contributed by atoms with Gasteiger partial charge in [-0.3, -0.25) is 9.48 Å². The van der Waals surface area contributed by atoms with Crippen molar-refractivity contribution in [2.45, 2.75) is 13.5 Å². The summed E-state index contributed by atoms with van der Waals surface area (Å²) in [6.07, 6.45) is 1.64. The molecule has 0 aliphatic heterocycles. The minimum atomic E-state index is -0.123. The molecule has 0 amide bonds. The molecule has 20 heavy (non-hydrogen) atoms. The molecule has 2 heterocycles. The lowest BCUT2D eigenvalue weighted by Crippen LogP contribution is -2.12. The average Bonchev–Trinajstić information content (AvgIpc) is 2.87. The lowest BCUT2D eigenvalue weighted by molar-refractivity contribution is 0.102. The Kier molecular flexibility index (Phi) is 3.36. The zero-order valence-electron chi connectivity index (χ0n) is 10.9. The first kappa shape index (κ1) is 13.0. The van der Waals surface area contributed by atoms with Gasteiger partial charge < -0.3 is 0 Å². The average molecular weight is 330 g/mol. The molecule has 0 radical (unpaired) electrons. The lowest BCUT2D eigenvalue weighted by atomic mass is 10.1. The number of aryl methyl sites for hydroxylation is 1. The van der Waals surface area contributed by atoms with Gasteiger partial charge in [0, 0.05) is 11.9 Å². The Morgan fingerprint density at radius 3 is 2.85 bits per heavy atom. The number of carbonyl (C=O) groups excluding carboxylic acids is 1. The van der Waals surface area contributed by atoms with E-state index < -0.39 is 0 Å². The highest BCUT2D eigenvalue weighted by Gasteiger charge is 2.19. The van der Waals surface area contributed by atoms with Crippen molar-refractivity contribution in [1.29, 1.82) is 0 Å². The SMILES string of the molecule is CCn1ncc(Br)c1C(=O)c1ccc2ccccc2n1. The second kappa shape index (κ2) is 5.17. The molecule has 5 heteroatoms. The highest BCUT2D eigenvalue weighted by molar-refractivity contribution is 9.10. The first-order valence-electron chi connectivity index (χ1n) is 6.32. The summed E-state index contributed by atoms with van der Waals surface area (Å²) in [4.78, 5) is 17.0. The summed E-state index contributed by atoms with van der Waals surface area (Å²) in [5, 5.41) is 5.18. The van der Waals surface area contributed by atoms with Crippen LogP contribution in [0.4, 0.5) is 0 Å². The number of hydrogen-bond acceptors (Lipinski definition) is 3. The third-order valence-corrected chi connectivity index (χ3v) is 3.72. The number of aromatic nitrogens is 3. The third kappa shape index (κ3) is 2.14. The van der Waals surface area contributed by atoms with Crippen molar-refractivity contribution in [2.75, 3.05) is 0 Å². The van der Waals surface area contributed by atoms with Crippen LogP contribution in [0.15, 0.2) is 47.1 Å². The van der Waals surface area contributed by atoms with Gasteiger partial charge in [-0.15, -0.1) is 0 Å². The molecule has 0 unspecified atom stereocenters. The van der Waals surface area contributed by atoms with Crippen LogP contribution in [0.2, 0.25) is 0 Å². The fourth-order valence-corrected chi connectivity index (χ4v) is 2.62. The number of carbonyl (C=O) groups is 1. The van der Waals surface area contributed by atoms with Gasteiger partial charge in [0.05, 0.1) is 16.2 Å². The topological polar surface area (TPSA) is 47.8 Å². The molecule has 0 saturated heterocycles. The maximum atomic E-state index is 12.6. The molecule has 0 saturated carbocycles. The van der Waals surface area contributed by atoms with Crippen molar-refractivity contribution in [2.24, 2.45) is 0 Å². The highest BCUT2D eigenvalue weighted by Crippen LogP contribution is 2.20. The molecule has 3 aromatic rings. The molecule has 100 valence electrons. The molecule has 3 rings (SSSR count). The number of nitrogens with zero attached hydrogens (tertiary/aromatic N) is 3. The van der Waals surface area contributed by atoms with Crippen LogP contribution in [-0.2, 0) is 6.54 Å². The van der Waals surface area contributed by atoms with Crippen molar-refractivity contribution in [3.8, 4) is 0 Å². The Labute approximate surface area is 124 Å². The van der Waals surface area contributed by atoms with Crippen LogP contribution >= 0.6 is 15.9 Å². The number of hydrogen-bond donors (Lipinski definition) is 0. The zero-order valence-corrected chi connectivity index (χ0v) is 12.5. The number of fused-ring (bicyclic) bond motifs is 1. The van der Waals surface area contributed by atoms with E-state index in [1.165, 1.54) is 0 Å². The fourth-order valence-electron chi connectivity index (χ4n) is 2.14. The molecule has 0 spiro atoms. The number of pyridine rings is 1. The Balaban J connectivity index is 2.10. The summed E-state index contributed by atoms with van der Waals surface area (Å²) in [6.45, 7) is 2.59. The second-order valence-electron chi connectivity index (χ2n) is 4.38. The summed E-state index contributed by atoms with van der Waals surface area (Å²) < 4.78 is 2.36. The largest absolute Gasteiger partial charge is 0.285 e. The van der Waals surface area contributed by atoms with Crippen LogP contribution in [0, 0.1) is 0 Å². The Morgan fingerprint density at radius 1 is 1.25 bits per heavy atom. The summed E-state index contributed by atoms with van der Waals surface area (Å²) in [5.41, 5.74) is 1.78. The molecule has 4 nitrogen and oxygen atoms in total. The van der Waals surface area contributed by atoms with Crippen LogP contribution in [0.3, 0.4) is 0 Å². The van der Waals surface area contributed by atoms with Crippen molar-refractivity contribution >= 4 is 32.6 Å². The van der Waals surface area contributed by atoms with Gasteiger partial charge in [0.2, 0.25) is 5.78 Å². The summed E-state index contributed by atoms with van der Waals surface area (Å²) >= 11 is 3.37. The zero-order chi connectivity index (χ0) is 14.1. The van der Waals surface area contributed by atoms with Gasteiger partial charge in [0.15, 0.2) is 0 Å². The van der Waals surface area contributed by atoms with Crippen LogP contribution in [-0.4, -0.2) is 20.5 Å². The minimum absolute atomic E-state index is 0.123. The van der Waals surface area contributed by atoms with E-state index in [2.05, 4.69) is 26.0 Å². The minimum Gasteiger partial charge on any atom is -0.285 e. The molecule has 0 N–H and O–H groups in total. The van der Waals surface area contributed by atoms with Crippen LogP contribution in [0.1, 0.15) is 23.1 Å². The van der Waals surface area contributed by atoms with E-state index in [9.17, 15) is 4.79 Å². The smallest absolute Gasteiger partial charge is 0.230 e. The van der Waals surface area contributed by atoms with Gasteiger partial charge in [0.25, 0.3) is 0 Å². The van der Waals surface area contributed by atoms with Crippen LogP contribution in [0.25, 0.3) is 10.9 Å². The molecule has 0 aliphatic carbocycles. The quantitative estimate of drug-likeness (QED) is 0.691. The van der Waals surface area contributed by atoms with Crippen LogP contribution in [0.5, 0.6) is 0 Å². The van der Waals surface area contributed by atoms with E-state index in [0.29, 0.717) is 22.4 Å². The Morgan fingerprint density at radius 2 is 2.05 bits per heavy atom. The van der Waals surface area contributed by atoms with Gasteiger partial charge in [-0.2, -0.15) is 5.10 Å². The van der Waals surface area contributed by atoms with E-state index in [-0.39, 0.29) is 5.78 Å². The molecule has 0 bridgehead atoms. The van der Waals surface area contributed by atoms with Crippen LogP contribution < -0.4 is 0 Å². The van der Waals surface area contributed by atoms with E-state index in [0.717, 1.165) is 10.9 Å². The van der Waals surface area contributed by atoms with Gasteiger partial charge in [-0.05, 0) is 35.0 Å². The predicted molar refractivity (Wildman–Crippen MR) is 80.8 cm³/mol. The Hall–Kier alpha value is -2.01. The standard InChI is InChI=1S/C15H12BrN3O/c1-2-19-14(11(16)9-17-19)15(20)13-8-7-10-5-3-4-6-12(10)18-13/h3-9H,2H2,1H3. The van der Waals surface area contributed by atoms with E-state index >= 15 is 0 Å². The maximum absolute atomic E-state index is 12.6. The summed E-state index contributed by atoms with van der Waals surface area (Å²) in [5.74, 6) is -0.123. The van der Waals surface area contributed by atoms with Gasteiger partial charge in [0.1, 0.15) is 11.4 Å². The normalized spacial score (nSPS) is 10.9. The predicted octanol–water partition coefficient (Wildman–Crippen LogP) is 3.44. The summed E-state index contributed by atoms with van der Waals surface area (Å²) in [7, 11) is 0. The van der Waals surface area contributed by atoms with Crippen molar-refractivity contribution in [3.63, 3.8) is 0 Å². The number of benzene rings is 1. The van der Waals surface area contributed by atoms with Crippen molar-refractivity contribution in [1.82, 2.24) is 14.8 Å².